The Labute approximate surface area is 183 Å². The Morgan fingerprint density at radius 2 is 1.58 bits per heavy atom. The quantitative estimate of drug-likeness (QED) is 0.727. The van der Waals surface area contributed by atoms with Gasteiger partial charge in [0.1, 0.15) is 5.75 Å². The van der Waals surface area contributed by atoms with Gasteiger partial charge in [-0.05, 0) is 25.0 Å². The predicted octanol–water partition coefficient (Wildman–Crippen LogP) is 1.35. The summed E-state index contributed by atoms with van der Waals surface area (Å²) in [5.74, 6) is 0.555. The fourth-order valence-corrected chi connectivity index (χ4v) is 4.60. The summed E-state index contributed by atoms with van der Waals surface area (Å²) in [6.07, 6.45) is 3.90. The summed E-state index contributed by atoms with van der Waals surface area (Å²) in [5, 5.41) is 0. The second-order valence-corrected chi connectivity index (χ2v) is 8.60. The van der Waals surface area contributed by atoms with Crippen LogP contribution in [0.15, 0.2) is 24.3 Å². The highest BCUT2D eigenvalue weighted by molar-refractivity contribution is 5.95. The van der Waals surface area contributed by atoms with Crippen LogP contribution in [0, 0.1) is 0 Å². The monoisotopic (exact) mass is 428 g/mol. The number of rotatable bonds is 3. The van der Waals surface area contributed by atoms with Crippen LogP contribution >= 0.6 is 0 Å². The molecule has 0 bridgehead atoms. The van der Waals surface area contributed by atoms with Gasteiger partial charge < -0.3 is 19.4 Å². The molecule has 8 nitrogen and oxygen atoms in total. The summed E-state index contributed by atoms with van der Waals surface area (Å²) >= 11 is 0. The topological polar surface area (TPSA) is 73.4 Å². The van der Waals surface area contributed by atoms with Crippen LogP contribution in [-0.2, 0) is 14.4 Å². The molecule has 0 unspecified atom stereocenters. The Bertz CT molecular complexity index is 814. The first-order valence-corrected chi connectivity index (χ1v) is 11.4. The van der Waals surface area contributed by atoms with Crippen molar-refractivity contribution in [2.75, 3.05) is 57.3 Å². The second kappa shape index (κ2) is 9.68. The van der Waals surface area contributed by atoms with Crippen molar-refractivity contribution >= 4 is 23.4 Å². The summed E-state index contributed by atoms with van der Waals surface area (Å²) in [4.78, 5) is 45.4. The van der Waals surface area contributed by atoms with E-state index in [0.717, 1.165) is 25.9 Å². The van der Waals surface area contributed by atoms with Crippen molar-refractivity contribution in [1.29, 1.82) is 0 Å². The molecule has 0 spiro atoms. The van der Waals surface area contributed by atoms with Crippen LogP contribution in [0.4, 0.5) is 5.69 Å². The molecule has 2 saturated heterocycles. The molecule has 0 aromatic heterocycles. The van der Waals surface area contributed by atoms with E-state index in [1.807, 2.05) is 23.1 Å². The standard InChI is InChI=1S/C23H32N4O4/c1-18(28)27-16-21(31-20-9-5-4-8-19(20)27)23(30)26-14-12-24(13-15-26)17-22(29)25-10-6-2-3-7-11-25/h4-5,8-9,21H,2-3,6-7,10-17H2,1H3/t21-/m0/s1. The average Bonchev–Trinajstić information content (AvgIpc) is 3.08. The van der Waals surface area contributed by atoms with Crippen LogP contribution in [0.1, 0.15) is 32.6 Å². The summed E-state index contributed by atoms with van der Waals surface area (Å²) in [6.45, 7) is 6.35. The van der Waals surface area contributed by atoms with Crippen LogP contribution in [0.2, 0.25) is 0 Å². The molecule has 0 aliphatic carbocycles. The SMILES string of the molecule is CC(=O)N1C[C@@H](C(=O)N2CCN(CC(=O)N3CCCCCC3)CC2)Oc2ccccc21. The normalized spacial score (nSPS) is 22.4. The van der Waals surface area contributed by atoms with Crippen molar-refractivity contribution in [3.63, 3.8) is 0 Å². The fourth-order valence-electron chi connectivity index (χ4n) is 4.60. The number of nitrogens with zero attached hydrogens (tertiary/aromatic N) is 4. The van der Waals surface area contributed by atoms with Gasteiger partial charge in [-0.25, -0.2) is 0 Å². The lowest BCUT2D eigenvalue weighted by Gasteiger charge is -2.39. The van der Waals surface area contributed by atoms with E-state index >= 15 is 0 Å². The van der Waals surface area contributed by atoms with E-state index in [2.05, 4.69) is 4.90 Å². The minimum absolute atomic E-state index is 0.0979. The van der Waals surface area contributed by atoms with Crippen LogP contribution in [-0.4, -0.2) is 90.9 Å². The van der Waals surface area contributed by atoms with E-state index in [1.165, 1.54) is 19.8 Å². The summed E-state index contributed by atoms with van der Waals surface area (Å²) < 4.78 is 5.95. The molecule has 4 rings (SSSR count). The van der Waals surface area contributed by atoms with Gasteiger partial charge in [-0.2, -0.15) is 0 Å². The van der Waals surface area contributed by atoms with Crippen molar-refractivity contribution in [2.45, 2.75) is 38.7 Å². The van der Waals surface area contributed by atoms with Gasteiger partial charge in [-0.15, -0.1) is 0 Å². The molecule has 3 heterocycles. The first-order valence-electron chi connectivity index (χ1n) is 11.4. The number of likely N-dealkylation sites (tertiary alicyclic amines) is 1. The Morgan fingerprint density at radius 1 is 0.903 bits per heavy atom. The lowest BCUT2D eigenvalue weighted by molar-refractivity contribution is -0.141. The molecule has 168 valence electrons. The molecule has 0 N–H and O–H groups in total. The first kappa shape index (κ1) is 21.6. The third-order valence-corrected chi connectivity index (χ3v) is 6.43. The second-order valence-electron chi connectivity index (χ2n) is 8.60. The average molecular weight is 429 g/mol. The molecular formula is C23H32N4O4. The number of amides is 3. The number of carbonyl (C=O) groups excluding carboxylic acids is 3. The number of anilines is 1. The zero-order valence-electron chi connectivity index (χ0n) is 18.3. The highest BCUT2D eigenvalue weighted by atomic mass is 16.5. The molecule has 1 atom stereocenters. The van der Waals surface area contributed by atoms with Gasteiger partial charge in [0.05, 0.1) is 18.8 Å². The first-order chi connectivity index (χ1) is 15.0. The molecule has 31 heavy (non-hydrogen) atoms. The van der Waals surface area contributed by atoms with E-state index in [1.54, 1.807) is 15.9 Å². The molecular weight excluding hydrogens is 396 g/mol. The van der Waals surface area contributed by atoms with E-state index in [-0.39, 0.29) is 24.3 Å². The molecule has 0 saturated carbocycles. The van der Waals surface area contributed by atoms with Gasteiger partial charge in [-0.1, -0.05) is 25.0 Å². The molecule has 3 aliphatic rings. The van der Waals surface area contributed by atoms with Crippen molar-refractivity contribution in [1.82, 2.24) is 14.7 Å². The molecule has 0 radical (unpaired) electrons. The largest absolute Gasteiger partial charge is 0.476 e. The maximum atomic E-state index is 13.1. The van der Waals surface area contributed by atoms with E-state index in [0.29, 0.717) is 44.2 Å². The summed E-state index contributed by atoms with van der Waals surface area (Å²) in [5.41, 5.74) is 0.705. The fraction of sp³-hybridized carbons (Fsp3) is 0.609. The third kappa shape index (κ3) is 5.01. The van der Waals surface area contributed by atoms with Crippen molar-refractivity contribution < 1.29 is 19.1 Å². The number of ether oxygens (including phenoxy) is 1. The Morgan fingerprint density at radius 3 is 2.26 bits per heavy atom. The van der Waals surface area contributed by atoms with Gasteiger partial charge in [0, 0.05) is 46.2 Å². The van der Waals surface area contributed by atoms with E-state index in [9.17, 15) is 14.4 Å². The molecule has 3 amide bonds. The van der Waals surface area contributed by atoms with Crippen molar-refractivity contribution in [3.05, 3.63) is 24.3 Å². The highest BCUT2D eigenvalue weighted by Crippen LogP contribution is 2.33. The summed E-state index contributed by atoms with van der Waals surface area (Å²) in [6, 6.07) is 7.31. The number of para-hydroxylation sites is 2. The van der Waals surface area contributed by atoms with Crippen LogP contribution in [0.3, 0.4) is 0 Å². The molecule has 3 aliphatic heterocycles. The molecule has 1 aromatic carbocycles. The zero-order valence-corrected chi connectivity index (χ0v) is 18.3. The smallest absolute Gasteiger partial charge is 0.265 e. The molecule has 1 aromatic rings. The Hall–Kier alpha value is -2.61. The van der Waals surface area contributed by atoms with Gasteiger partial charge in [-0.3, -0.25) is 19.3 Å². The Kier molecular flexibility index (Phi) is 6.75. The van der Waals surface area contributed by atoms with E-state index in [4.69, 9.17) is 4.74 Å². The predicted molar refractivity (Wildman–Crippen MR) is 117 cm³/mol. The zero-order chi connectivity index (χ0) is 21.8. The summed E-state index contributed by atoms with van der Waals surface area (Å²) in [7, 11) is 0. The lowest BCUT2D eigenvalue weighted by Crippen LogP contribution is -2.57. The van der Waals surface area contributed by atoms with Gasteiger partial charge in [0.2, 0.25) is 11.8 Å². The minimum Gasteiger partial charge on any atom is -0.476 e. The van der Waals surface area contributed by atoms with Crippen LogP contribution in [0.25, 0.3) is 0 Å². The van der Waals surface area contributed by atoms with Crippen LogP contribution < -0.4 is 9.64 Å². The third-order valence-electron chi connectivity index (χ3n) is 6.43. The number of piperazine rings is 1. The maximum Gasteiger partial charge on any atom is 0.265 e. The van der Waals surface area contributed by atoms with Gasteiger partial charge in [0.25, 0.3) is 5.91 Å². The molecule has 2 fully saturated rings. The van der Waals surface area contributed by atoms with Crippen LogP contribution in [0.5, 0.6) is 5.75 Å². The van der Waals surface area contributed by atoms with Crippen molar-refractivity contribution in [3.8, 4) is 5.75 Å². The van der Waals surface area contributed by atoms with Gasteiger partial charge in [0.15, 0.2) is 6.10 Å². The highest BCUT2D eigenvalue weighted by Gasteiger charge is 2.36. The lowest BCUT2D eigenvalue weighted by atomic mass is 10.1. The number of hydrogen-bond acceptors (Lipinski definition) is 5. The number of fused-ring (bicyclic) bond motifs is 1. The van der Waals surface area contributed by atoms with Crippen molar-refractivity contribution in [2.24, 2.45) is 0 Å². The number of benzene rings is 1. The number of hydrogen-bond donors (Lipinski definition) is 0. The molecule has 8 heteroatoms. The maximum absolute atomic E-state index is 13.1. The Balaban J connectivity index is 1.31. The van der Waals surface area contributed by atoms with E-state index < -0.39 is 6.10 Å². The van der Waals surface area contributed by atoms with Gasteiger partial charge >= 0.3 is 0 Å². The minimum atomic E-state index is -0.705. The number of carbonyl (C=O) groups is 3.